The number of nitrogens with zero attached hydrogens (tertiary/aromatic N) is 1. The zero-order valence-corrected chi connectivity index (χ0v) is 15.7. The second kappa shape index (κ2) is 10.2. The van der Waals surface area contributed by atoms with Crippen LogP contribution in [-0.2, 0) is 0 Å². The lowest BCUT2D eigenvalue weighted by Crippen LogP contribution is -2.38. The van der Waals surface area contributed by atoms with Crippen LogP contribution < -0.4 is 4.74 Å². The quantitative estimate of drug-likeness (QED) is 0.545. The number of unbranched alkanes of at least 4 members (excludes halogenated alkanes) is 1. The van der Waals surface area contributed by atoms with Crippen molar-refractivity contribution in [2.24, 2.45) is 0 Å². The summed E-state index contributed by atoms with van der Waals surface area (Å²) in [5.41, 5.74) is 1.97. The summed E-state index contributed by atoms with van der Waals surface area (Å²) in [6.07, 6.45) is 7.88. The fourth-order valence-electron chi connectivity index (χ4n) is 3.36. The SMILES string of the molecule is OC1CCCN(CCCCOc2ccccc2C=Cc2ccc(F)cc2)C1. The van der Waals surface area contributed by atoms with E-state index < -0.39 is 0 Å². The van der Waals surface area contributed by atoms with Gasteiger partial charge in [0.2, 0.25) is 0 Å². The number of aliphatic hydroxyl groups excluding tert-OH is 1. The molecule has 1 atom stereocenters. The largest absolute Gasteiger partial charge is 0.493 e. The van der Waals surface area contributed by atoms with Crippen LogP contribution in [-0.4, -0.2) is 42.4 Å². The van der Waals surface area contributed by atoms with Crippen molar-refractivity contribution >= 4 is 12.2 Å². The van der Waals surface area contributed by atoms with Crippen LogP contribution in [0.25, 0.3) is 12.2 Å². The number of aliphatic hydroxyl groups is 1. The van der Waals surface area contributed by atoms with Crippen LogP contribution in [0, 0.1) is 5.82 Å². The molecule has 0 bridgehead atoms. The Morgan fingerprint density at radius 2 is 1.89 bits per heavy atom. The fraction of sp³-hybridized carbons (Fsp3) is 0.391. The lowest BCUT2D eigenvalue weighted by atomic mass is 10.1. The van der Waals surface area contributed by atoms with E-state index in [0.717, 1.165) is 62.2 Å². The van der Waals surface area contributed by atoms with E-state index in [-0.39, 0.29) is 11.9 Å². The second-order valence-electron chi connectivity index (χ2n) is 7.07. The maximum absolute atomic E-state index is 13.0. The van der Waals surface area contributed by atoms with E-state index in [1.165, 1.54) is 12.1 Å². The van der Waals surface area contributed by atoms with Crippen LogP contribution in [0.2, 0.25) is 0 Å². The highest BCUT2D eigenvalue weighted by atomic mass is 19.1. The summed E-state index contributed by atoms with van der Waals surface area (Å²) in [7, 11) is 0. The predicted molar refractivity (Wildman–Crippen MR) is 108 cm³/mol. The Morgan fingerprint density at radius 1 is 1.07 bits per heavy atom. The standard InChI is InChI=1S/C23H28FNO2/c24-21-13-10-19(11-14-21)9-12-20-6-1-2-8-23(20)27-17-4-3-15-25-16-5-7-22(26)18-25/h1-2,6,8-14,22,26H,3-5,7,15-18H2. The Kier molecular flexibility index (Phi) is 7.43. The third kappa shape index (κ3) is 6.49. The smallest absolute Gasteiger partial charge is 0.126 e. The van der Waals surface area contributed by atoms with E-state index >= 15 is 0 Å². The Labute approximate surface area is 161 Å². The third-order valence-corrected chi connectivity index (χ3v) is 4.85. The molecule has 0 spiro atoms. The molecule has 3 nitrogen and oxygen atoms in total. The number of β-amino-alcohol motifs (C(OH)–C–C–N with tert-alkyl or cyclic N) is 1. The molecule has 27 heavy (non-hydrogen) atoms. The molecule has 1 saturated heterocycles. The molecule has 1 unspecified atom stereocenters. The van der Waals surface area contributed by atoms with Gasteiger partial charge in [0.25, 0.3) is 0 Å². The summed E-state index contributed by atoms with van der Waals surface area (Å²) in [4.78, 5) is 2.34. The minimum atomic E-state index is -0.227. The average Bonchev–Trinajstić information content (AvgIpc) is 2.68. The number of piperidine rings is 1. The van der Waals surface area contributed by atoms with Gasteiger partial charge in [-0.15, -0.1) is 0 Å². The summed E-state index contributed by atoms with van der Waals surface area (Å²) in [6, 6.07) is 14.4. The average molecular weight is 369 g/mol. The van der Waals surface area contributed by atoms with Crippen LogP contribution in [0.15, 0.2) is 48.5 Å². The monoisotopic (exact) mass is 369 g/mol. The van der Waals surface area contributed by atoms with Gasteiger partial charge >= 0.3 is 0 Å². The molecule has 0 aromatic heterocycles. The van der Waals surface area contributed by atoms with Crippen molar-refractivity contribution in [2.75, 3.05) is 26.2 Å². The molecular formula is C23H28FNO2. The lowest BCUT2D eigenvalue weighted by Gasteiger charge is -2.29. The molecular weight excluding hydrogens is 341 g/mol. The molecule has 0 amide bonds. The van der Waals surface area contributed by atoms with Crippen molar-refractivity contribution in [3.05, 3.63) is 65.5 Å². The van der Waals surface area contributed by atoms with Gasteiger partial charge in [-0.2, -0.15) is 0 Å². The van der Waals surface area contributed by atoms with E-state index in [2.05, 4.69) is 4.90 Å². The topological polar surface area (TPSA) is 32.7 Å². The van der Waals surface area contributed by atoms with Gasteiger partial charge in [-0.25, -0.2) is 4.39 Å². The first-order valence-electron chi connectivity index (χ1n) is 9.76. The summed E-state index contributed by atoms with van der Waals surface area (Å²) in [5.74, 6) is 0.638. The van der Waals surface area contributed by atoms with Gasteiger partial charge in [-0.3, -0.25) is 0 Å². The molecule has 2 aromatic rings. The lowest BCUT2D eigenvalue weighted by molar-refractivity contribution is 0.0693. The van der Waals surface area contributed by atoms with E-state index in [4.69, 9.17) is 4.74 Å². The van der Waals surface area contributed by atoms with Gasteiger partial charge in [-0.05, 0) is 62.5 Å². The van der Waals surface area contributed by atoms with Crippen molar-refractivity contribution < 1.29 is 14.2 Å². The molecule has 4 heteroatoms. The van der Waals surface area contributed by atoms with Crippen LogP contribution in [0.3, 0.4) is 0 Å². The van der Waals surface area contributed by atoms with Crippen molar-refractivity contribution in [3.63, 3.8) is 0 Å². The van der Waals surface area contributed by atoms with Gasteiger partial charge in [0.1, 0.15) is 11.6 Å². The summed E-state index contributed by atoms with van der Waals surface area (Å²) >= 11 is 0. The molecule has 2 aromatic carbocycles. The molecule has 0 saturated carbocycles. The summed E-state index contributed by atoms with van der Waals surface area (Å²) < 4.78 is 19.0. The number of para-hydroxylation sites is 1. The van der Waals surface area contributed by atoms with Gasteiger partial charge < -0.3 is 14.7 Å². The van der Waals surface area contributed by atoms with Crippen LogP contribution in [0.1, 0.15) is 36.8 Å². The predicted octanol–water partition coefficient (Wildman–Crippen LogP) is 4.61. The molecule has 1 aliphatic rings. The highest BCUT2D eigenvalue weighted by Gasteiger charge is 2.16. The first-order chi connectivity index (χ1) is 13.2. The molecule has 1 heterocycles. The number of likely N-dealkylation sites (tertiary alicyclic amines) is 1. The molecule has 144 valence electrons. The number of hydrogen-bond acceptors (Lipinski definition) is 3. The van der Waals surface area contributed by atoms with E-state index in [1.54, 1.807) is 12.1 Å². The van der Waals surface area contributed by atoms with Crippen LogP contribution in [0.5, 0.6) is 5.75 Å². The number of halogens is 1. The van der Waals surface area contributed by atoms with Crippen molar-refractivity contribution in [2.45, 2.75) is 31.8 Å². The zero-order chi connectivity index (χ0) is 18.9. The molecule has 0 aliphatic carbocycles. The molecule has 1 N–H and O–H groups in total. The van der Waals surface area contributed by atoms with Gasteiger partial charge in [-0.1, -0.05) is 42.5 Å². The molecule has 0 radical (unpaired) electrons. The van der Waals surface area contributed by atoms with Gasteiger partial charge in [0, 0.05) is 12.1 Å². The Bertz CT molecular complexity index is 729. The Balaban J connectivity index is 1.45. The second-order valence-corrected chi connectivity index (χ2v) is 7.07. The van der Waals surface area contributed by atoms with E-state index in [0.29, 0.717) is 6.61 Å². The molecule has 1 fully saturated rings. The highest BCUT2D eigenvalue weighted by Crippen LogP contribution is 2.21. The number of ether oxygens (including phenoxy) is 1. The molecule has 3 rings (SSSR count). The van der Waals surface area contributed by atoms with Gasteiger partial charge in [0.15, 0.2) is 0 Å². The van der Waals surface area contributed by atoms with Crippen molar-refractivity contribution in [3.8, 4) is 5.75 Å². The van der Waals surface area contributed by atoms with E-state index in [9.17, 15) is 9.50 Å². The zero-order valence-electron chi connectivity index (χ0n) is 15.7. The van der Waals surface area contributed by atoms with Gasteiger partial charge in [0.05, 0.1) is 12.7 Å². The number of benzene rings is 2. The highest BCUT2D eigenvalue weighted by molar-refractivity contribution is 5.72. The number of rotatable bonds is 8. The summed E-state index contributed by atoms with van der Waals surface area (Å²) in [6.45, 7) is 3.59. The normalized spacial score (nSPS) is 18.1. The summed E-state index contributed by atoms with van der Waals surface area (Å²) in [5, 5.41) is 9.72. The molecule has 1 aliphatic heterocycles. The first kappa shape index (κ1) is 19.6. The minimum Gasteiger partial charge on any atom is -0.493 e. The maximum atomic E-state index is 13.0. The maximum Gasteiger partial charge on any atom is 0.126 e. The Morgan fingerprint density at radius 3 is 2.70 bits per heavy atom. The first-order valence-corrected chi connectivity index (χ1v) is 9.76. The Hall–Kier alpha value is -2.17. The van der Waals surface area contributed by atoms with Crippen molar-refractivity contribution in [1.29, 1.82) is 0 Å². The minimum absolute atomic E-state index is 0.158. The third-order valence-electron chi connectivity index (χ3n) is 4.85. The van der Waals surface area contributed by atoms with Crippen LogP contribution >= 0.6 is 0 Å². The fourth-order valence-corrected chi connectivity index (χ4v) is 3.36. The van der Waals surface area contributed by atoms with Crippen molar-refractivity contribution in [1.82, 2.24) is 4.90 Å². The number of hydrogen-bond donors (Lipinski definition) is 1. The van der Waals surface area contributed by atoms with Crippen LogP contribution in [0.4, 0.5) is 4.39 Å². The van der Waals surface area contributed by atoms with E-state index in [1.807, 2.05) is 36.4 Å².